The lowest BCUT2D eigenvalue weighted by Crippen LogP contribution is -2.11. The molecule has 1 aromatic rings. The second kappa shape index (κ2) is 8.20. The SMILES string of the molecule is CCCCCCNc1nc(CC(C)C)nc(Cl)c1N. The standard InChI is InChI=1S/C14H25ClN4/c1-4-5-6-7-8-17-14-12(16)13(15)18-11(19-14)9-10(2)3/h10H,4-9,16H2,1-3H3,(H,17,18,19). The summed E-state index contributed by atoms with van der Waals surface area (Å²) in [6, 6.07) is 0. The number of hydrogen-bond acceptors (Lipinski definition) is 4. The van der Waals surface area contributed by atoms with Crippen molar-refractivity contribution in [3.63, 3.8) is 0 Å². The predicted octanol–water partition coefficient (Wildman–Crippen LogP) is 3.90. The Morgan fingerprint density at radius 2 is 1.95 bits per heavy atom. The second-order valence-electron chi connectivity index (χ2n) is 5.28. The van der Waals surface area contributed by atoms with E-state index < -0.39 is 0 Å². The minimum atomic E-state index is 0.349. The zero-order valence-electron chi connectivity index (χ0n) is 12.2. The van der Waals surface area contributed by atoms with Crippen molar-refractivity contribution in [2.75, 3.05) is 17.6 Å². The molecule has 0 radical (unpaired) electrons. The van der Waals surface area contributed by atoms with E-state index in [1.54, 1.807) is 0 Å². The molecule has 1 rings (SSSR count). The Morgan fingerprint density at radius 3 is 2.58 bits per heavy atom. The molecule has 0 aliphatic rings. The van der Waals surface area contributed by atoms with Gasteiger partial charge in [-0.05, 0) is 12.3 Å². The van der Waals surface area contributed by atoms with Gasteiger partial charge in [0.15, 0.2) is 11.0 Å². The lowest BCUT2D eigenvalue weighted by atomic mass is 10.1. The first kappa shape index (κ1) is 16.0. The highest BCUT2D eigenvalue weighted by Crippen LogP contribution is 2.24. The topological polar surface area (TPSA) is 63.8 Å². The normalized spacial score (nSPS) is 11.0. The molecule has 0 saturated carbocycles. The number of nitrogen functional groups attached to an aromatic ring is 1. The fourth-order valence-electron chi connectivity index (χ4n) is 1.84. The molecule has 0 amide bonds. The third kappa shape index (κ3) is 5.64. The Morgan fingerprint density at radius 1 is 1.21 bits per heavy atom. The van der Waals surface area contributed by atoms with E-state index in [2.05, 4.69) is 36.1 Å². The Kier molecular flexibility index (Phi) is 6.92. The van der Waals surface area contributed by atoms with Crippen LogP contribution in [0.25, 0.3) is 0 Å². The molecule has 19 heavy (non-hydrogen) atoms. The van der Waals surface area contributed by atoms with Crippen molar-refractivity contribution < 1.29 is 0 Å². The van der Waals surface area contributed by atoms with Gasteiger partial charge in [0.05, 0.1) is 0 Å². The van der Waals surface area contributed by atoms with Gasteiger partial charge >= 0.3 is 0 Å². The van der Waals surface area contributed by atoms with Gasteiger partial charge in [0, 0.05) is 13.0 Å². The highest BCUT2D eigenvalue weighted by molar-refractivity contribution is 6.32. The number of nitrogens with two attached hydrogens (primary N) is 1. The van der Waals surface area contributed by atoms with Crippen LogP contribution in [0.3, 0.4) is 0 Å². The maximum absolute atomic E-state index is 6.05. The molecule has 3 N–H and O–H groups in total. The quantitative estimate of drug-likeness (QED) is 0.561. The van der Waals surface area contributed by atoms with Crippen LogP contribution in [-0.4, -0.2) is 16.5 Å². The summed E-state index contributed by atoms with van der Waals surface area (Å²) in [5, 5.41) is 3.61. The summed E-state index contributed by atoms with van der Waals surface area (Å²) in [5.41, 5.74) is 6.35. The predicted molar refractivity (Wildman–Crippen MR) is 82.6 cm³/mol. The highest BCUT2D eigenvalue weighted by atomic mass is 35.5. The van der Waals surface area contributed by atoms with E-state index in [9.17, 15) is 0 Å². The van der Waals surface area contributed by atoms with Crippen molar-refractivity contribution in [3.05, 3.63) is 11.0 Å². The lowest BCUT2D eigenvalue weighted by molar-refractivity contribution is 0.621. The van der Waals surface area contributed by atoms with Crippen LogP contribution in [0.4, 0.5) is 11.5 Å². The number of unbranched alkanes of at least 4 members (excludes halogenated alkanes) is 3. The summed E-state index contributed by atoms with van der Waals surface area (Å²) in [5.74, 6) is 1.93. The average molecular weight is 285 g/mol. The van der Waals surface area contributed by atoms with Crippen LogP contribution < -0.4 is 11.1 Å². The van der Waals surface area contributed by atoms with Gasteiger partial charge < -0.3 is 11.1 Å². The van der Waals surface area contributed by atoms with E-state index in [0.29, 0.717) is 22.6 Å². The van der Waals surface area contributed by atoms with Crippen LogP contribution in [0.15, 0.2) is 0 Å². The molecule has 0 atom stereocenters. The number of nitrogens with zero attached hydrogens (tertiary/aromatic N) is 2. The number of nitrogens with one attached hydrogen (secondary N) is 1. The zero-order chi connectivity index (χ0) is 14.3. The van der Waals surface area contributed by atoms with Crippen molar-refractivity contribution >= 4 is 23.1 Å². The minimum Gasteiger partial charge on any atom is -0.393 e. The molecule has 108 valence electrons. The Labute approximate surface area is 121 Å². The first-order valence-corrected chi connectivity index (χ1v) is 7.48. The van der Waals surface area contributed by atoms with Crippen LogP contribution in [0, 0.1) is 5.92 Å². The largest absolute Gasteiger partial charge is 0.393 e. The number of rotatable bonds is 8. The molecule has 4 nitrogen and oxygen atoms in total. The second-order valence-corrected chi connectivity index (χ2v) is 5.64. The minimum absolute atomic E-state index is 0.349. The van der Waals surface area contributed by atoms with Gasteiger partial charge in [-0.3, -0.25) is 0 Å². The average Bonchev–Trinajstić information content (AvgIpc) is 2.34. The van der Waals surface area contributed by atoms with Gasteiger partial charge in [-0.1, -0.05) is 51.6 Å². The van der Waals surface area contributed by atoms with Crippen LogP contribution in [-0.2, 0) is 6.42 Å². The number of anilines is 2. The van der Waals surface area contributed by atoms with E-state index in [1.807, 2.05) is 0 Å². The number of aromatic nitrogens is 2. The van der Waals surface area contributed by atoms with Crippen LogP contribution in [0.5, 0.6) is 0 Å². The number of halogens is 1. The van der Waals surface area contributed by atoms with E-state index in [1.165, 1.54) is 19.3 Å². The molecular weight excluding hydrogens is 260 g/mol. The molecule has 5 heteroatoms. The van der Waals surface area contributed by atoms with Crippen molar-refractivity contribution in [2.45, 2.75) is 52.9 Å². The molecular formula is C14H25ClN4. The maximum atomic E-state index is 6.05. The molecule has 0 bridgehead atoms. The molecule has 1 aromatic heterocycles. The molecule has 0 aliphatic heterocycles. The van der Waals surface area contributed by atoms with Crippen molar-refractivity contribution in [1.29, 1.82) is 0 Å². The number of hydrogen-bond donors (Lipinski definition) is 2. The van der Waals surface area contributed by atoms with Crippen LogP contribution in [0.1, 0.15) is 52.3 Å². The molecule has 0 saturated heterocycles. The molecule has 0 unspecified atom stereocenters. The van der Waals surface area contributed by atoms with E-state index in [0.717, 1.165) is 25.2 Å². The molecule has 0 fully saturated rings. The van der Waals surface area contributed by atoms with Crippen molar-refractivity contribution in [3.8, 4) is 0 Å². The van der Waals surface area contributed by atoms with Crippen molar-refractivity contribution in [1.82, 2.24) is 9.97 Å². The summed E-state index contributed by atoms with van der Waals surface area (Å²) in [7, 11) is 0. The monoisotopic (exact) mass is 284 g/mol. The molecule has 0 spiro atoms. The third-order valence-corrected chi connectivity index (χ3v) is 3.15. The van der Waals surface area contributed by atoms with Gasteiger partial charge in [-0.15, -0.1) is 0 Å². The highest BCUT2D eigenvalue weighted by Gasteiger charge is 2.10. The van der Waals surface area contributed by atoms with Gasteiger partial charge in [0.1, 0.15) is 11.5 Å². The first-order chi connectivity index (χ1) is 9.04. The third-order valence-electron chi connectivity index (χ3n) is 2.86. The fraction of sp³-hybridized carbons (Fsp3) is 0.714. The van der Waals surface area contributed by atoms with E-state index in [4.69, 9.17) is 17.3 Å². The summed E-state index contributed by atoms with van der Waals surface area (Å²) >= 11 is 6.05. The van der Waals surface area contributed by atoms with Crippen LogP contribution in [0.2, 0.25) is 5.15 Å². The maximum Gasteiger partial charge on any atom is 0.157 e. The van der Waals surface area contributed by atoms with Gasteiger partial charge in [0.25, 0.3) is 0 Å². The molecule has 0 aromatic carbocycles. The summed E-state index contributed by atoms with van der Waals surface area (Å²) in [6.45, 7) is 7.34. The van der Waals surface area contributed by atoms with E-state index >= 15 is 0 Å². The Bertz CT molecular complexity index is 393. The van der Waals surface area contributed by atoms with Crippen molar-refractivity contribution in [2.24, 2.45) is 5.92 Å². The molecule has 0 aliphatic carbocycles. The Balaban J connectivity index is 2.62. The smallest absolute Gasteiger partial charge is 0.157 e. The zero-order valence-corrected chi connectivity index (χ0v) is 12.9. The van der Waals surface area contributed by atoms with Gasteiger partial charge in [-0.25, -0.2) is 9.97 Å². The first-order valence-electron chi connectivity index (χ1n) is 7.10. The van der Waals surface area contributed by atoms with Crippen LogP contribution >= 0.6 is 11.6 Å². The molecule has 1 heterocycles. The van der Waals surface area contributed by atoms with Gasteiger partial charge in [0.2, 0.25) is 0 Å². The lowest BCUT2D eigenvalue weighted by Gasteiger charge is -2.12. The Hall–Kier alpha value is -1.03. The summed E-state index contributed by atoms with van der Waals surface area (Å²) in [6.07, 6.45) is 5.65. The summed E-state index contributed by atoms with van der Waals surface area (Å²) < 4.78 is 0. The van der Waals surface area contributed by atoms with E-state index in [-0.39, 0.29) is 0 Å². The summed E-state index contributed by atoms with van der Waals surface area (Å²) in [4.78, 5) is 8.68. The van der Waals surface area contributed by atoms with Gasteiger partial charge in [-0.2, -0.15) is 0 Å². The fourth-order valence-corrected chi connectivity index (χ4v) is 2.02.